The van der Waals surface area contributed by atoms with Gasteiger partial charge in [-0.05, 0) is 50.2 Å². The lowest BCUT2D eigenvalue weighted by Gasteiger charge is -2.11. The Kier molecular flexibility index (Phi) is 4.78. The molecule has 0 atom stereocenters. The fourth-order valence-electron chi connectivity index (χ4n) is 2.00. The number of carbonyl (C=O) groups is 2. The van der Waals surface area contributed by atoms with E-state index in [1.165, 1.54) is 12.1 Å². The lowest BCUT2D eigenvalue weighted by atomic mass is 10.1. The van der Waals surface area contributed by atoms with Crippen LogP contribution in [-0.2, 0) is 0 Å². The summed E-state index contributed by atoms with van der Waals surface area (Å²) in [5.41, 5.74) is 2.10. The van der Waals surface area contributed by atoms with Gasteiger partial charge in [0.2, 0.25) is 0 Å². The van der Waals surface area contributed by atoms with Crippen LogP contribution >= 0.6 is 0 Å². The van der Waals surface area contributed by atoms with Crippen molar-refractivity contribution in [1.29, 1.82) is 0 Å². The van der Waals surface area contributed by atoms with Crippen LogP contribution in [0.5, 0.6) is 5.75 Å². The van der Waals surface area contributed by atoms with Gasteiger partial charge < -0.3 is 15.2 Å². The SMILES string of the molecule is CCOc1ccc(C)cc1C(=O)Nc1ccc(C(=O)O)cc1. The van der Waals surface area contributed by atoms with Crippen LogP contribution in [-0.4, -0.2) is 23.6 Å². The first kappa shape index (κ1) is 15.6. The predicted octanol–water partition coefficient (Wildman–Crippen LogP) is 3.34. The smallest absolute Gasteiger partial charge is 0.335 e. The Bertz CT molecular complexity index is 692. The van der Waals surface area contributed by atoms with E-state index in [0.29, 0.717) is 23.6 Å². The summed E-state index contributed by atoms with van der Waals surface area (Å²) in [4.78, 5) is 23.2. The van der Waals surface area contributed by atoms with E-state index < -0.39 is 5.97 Å². The first-order valence-corrected chi connectivity index (χ1v) is 6.89. The molecule has 2 N–H and O–H groups in total. The molecule has 5 heteroatoms. The van der Waals surface area contributed by atoms with Crippen LogP contribution in [0.4, 0.5) is 5.69 Å². The van der Waals surface area contributed by atoms with Gasteiger partial charge in [0.25, 0.3) is 5.91 Å². The van der Waals surface area contributed by atoms with Crippen molar-refractivity contribution in [1.82, 2.24) is 0 Å². The molecule has 0 aliphatic rings. The average Bonchev–Trinajstić information content (AvgIpc) is 2.49. The fraction of sp³-hybridized carbons (Fsp3) is 0.176. The van der Waals surface area contributed by atoms with Crippen molar-refractivity contribution in [3.05, 3.63) is 59.2 Å². The van der Waals surface area contributed by atoms with Gasteiger partial charge >= 0.3 is 5.97 Å². The van der Waals surface area contributed by atoms with Crippen molar-refractivity contribution in [2.75, 3.05) is 11.9 Å². The van der Waals surface area contributed by atoms with Crippen molar-refractivity contribution in [2.45, 2.75) is 13.8 Å². The molecule has 0 spiro atoms. The van der Waals surface area contributed by atoms with Gasteiger partial charge in [-0.25, -0.2) is 4.79 Å². The molecule has 114 valence electrons. The maximum atomic E-state index is 12.4. The largest absolute Gasteiger partial charge is 0.493 e. The number of rotatable bonds is 5. The Labute approximate surface area is 128 Å². The number of hydrogen-bond donors (Lipinski definition) is 2. The van der Waals surface area contributed by atoms with E-state index in [1.54, 1.807) is 24.3 Å². The van der Waals surface area contributed by atoms with Gasteiger partial charge in [0.1, 0.15) is 5.75 Å². The van der Waals surface area contributed by atoms with Crippen LogP contribution in [0.25, 0.3) is 0 Å². The average molecular weight is 299 g/mol. The summed E-state index contributed by atoms with van der Waals surface area (Å²) in [5, 5.41) is 11.6. The van der Waals surface area contributed by atoms with E-state index in [4.69, 9.17) is 9.84 Å². The summed E-state index contributed by atoms with van der Waals surface area (Å²) in [6.07, 6.45) is 0. The van der Waals surface area contributed by atoms with Crippen LogP contribution in [0.2, 0.25) is 0 Å². The number of carboxylic acids is 1. The Balaban J connectivity index is 2.21. The Hall–Kier alpha value is -2.82. The number of carbonyl (C=O) groups excluding carboxylic acids is 1. The number of amides is 1. The molecule has 0 fully saturated rings. The zero-order valence-electron chi connectivity index (χ0n) is 12.4. The normalized spacial score (nSPS) is 10.1. The van der Waals surface area contributed by atoms with Crippen molar-refractivity contribution in [3.8, 4) is 5.75 Å². The summed E-state index contributed by atoms with van der Waals surface area (Å²) in [7, 11) is 0. The van der Waals surface area contributed by atoms with E-state index in [-0.39, 0.29) is 11.5 Å². The highest BCUT2D eigenvalue weighted by atomic mass is 16.5. The molecule has 2 aromatic carbocycles. The number of carboxylic acid groups (broad SMARTS) is 1. The monoisotopic (exact) mass is 299 g/mol. The third-order valence-electron chi connectivity index (χ3n) is 3.07. The van der Waals surface area contributed by atoms with Crippen molar-refractivity contribution < 1.29 is 19.4 Å². The lowest BCUT2D eigenvalue weighted by molar-refractivity contribution is 0.0696. The topological polar surface area (TPSA) is 75.6 Å². The first-order chi connectivity index (χ1) is 10.5. The first-order valence-electron chi connectivity index (χ1n) is 6.89. The van der Waals surface area contributed by atoms with Gasteiger partial charge in [-0.2, -0.15) is 0 Å². The molecule has 0 aliphatic carbocycles. The molecule has 0 unspecified atom stereocenters. The molecule has 5 nitrogen and oxygen atoms in total. The molecule has 0 saturated heterocycles. The van der Waals surface area contributed by atoms with Crippen molar-refractivity contribution >= 4 is 17.6 Å². The Morgan fingerprint density at radius 1 is 1.14 bits per heavy atom. The second-order valence-corrected chi connectivity index (χ2v) is 4.77. The van der Waals surface area contributed by atoms with E-state index in [2.05, 4.69) is 5.32 Å². The number of aryl methyl sites for hydroxylation is 1. The van der Waals surface area contributed by atoms with Gasteiger partial charge in [0, 0.05) is 5.69 Å². The van der Waals surface area contributed by atoms with E-state index in [1.807, 2.05) is 19.9 Å². The summed E-state index contributed by atoms with van der Waals surface area (Å²) in [5.74, 6) is -0.779. The second-order valence-electron chi connectivity index (χ2n) is 4.77. The fourth-order valence-corrected chi connectivity index (χ4v) is 2.00. The van der Waals surface area contributed by atoms with Gasteiger partial charge in [-0.3, -0.25) is 4.79 Å². The predicted molar refractivity (Wildman–Crippen MR) is 83.7 cm³/mol. The minimum absolute atomic E-state index is 0.170. The van der Waals surface area contributed by atoms with Crippen LogP contribution in [0.3, 0.4) is 0 Å². The molecule has 22 heavy (non-hydrogen) atoms. The van der Waals surface area contributed by atoms with Gasteiger partial charge in [-0.15, -0.1) is 0 Å². The molecule has 0 aromatic heterocycles. The molecule has 0 saturated carbocycles. The standard InChI is InChI=1S/C17H17NO4/c1-3-22-15-9-4-11(2)10-14(15)16(19)18-13-7-5-12(6-8-13)17(20)21/h4-10H,3H2,1-2H3,(H,18,19)(H,20,21). The number of ether oxygens (including phenoxy) is 1. The molecule has 2 aromatic rings. The van der Waals surface area contributed by atoms with E-state index >= 15 is 0 Å². The summed E-state index contributed by atoms with van der Waals surface area (Å²) < 4.78 is 5.46. The highest BCUT2D eigenvalue weighted by molar-refractivity contribution is 6.06. The number of nitrogens with one attached hydrogen (secondary N) is 1. The van der Waals surface area contributed by atoms with E-state index in [9.17, 15) is 9.59 Å². The third kappa shape index (κ3) is 3.63. The number of hydrogen-bond acceptors (Lipinski definition) is 3. The van der Waals surface area contributed by atoms with Crippen LogP contribution < -0.4 is 10.1 Å². The molecule has 0 heterocycles. The molecule has 1 amide bonds. The van der Waals surface area contributed by atoms with Crippen molar-refractivity contribution in [2.24, 2.45) is 0 Å². The second kappa shape index (κ2) is 6.76. The van der Waals surface area contributed by atoms with Gasteiger partial charge in [-0.1, -0.05) is 11.6 Å². The minimum atomic E-state index is -1.00. The minimum Gasteiger partial charge on any atom is -0.493 e. The molecule has 2 rings (SSSR count). The maximum Gasteiger partial charge on any atom is 0.335 e. The molecule has 0 bridgehead atoms. The quantitative estimate of drug-likeness (QED) is 0.887. The number of anilines is 1. The lowest BCUT2D eigenvalue weighted by Crippen LogP contribution is -2.14. The van der Waals surface area contributed by atoms with Crippen LogP contribution in [0.1, 0.15) is 33.2 Å². The van der Waals surface area contributed by atoms with Gasteiger partial charge in [0.05, 0.1) is 17.7 Å². The summed E-state index contributed by atoms with van der Waals surface area (Å²) >= 11 is 0. The Morgan fingerprint density at radius 2 is 1.82 bits per heavy atom. The van der Waals surface area contributed by atoms with Crippen LogP contribution in [0.15, 0.2) is 42.5 Å². The zero-order chi connectivity index (χ0) is 16.1. The molecular formula is C17H17NO4. The van der Waals surface area contributed by atoms with Gasteiger partial charge in [0.15, 0.2) is 0 Å². The zero-order valence-corrected chi connectivity index (χ0v) is 12.4. The number of benzene rings is 2. The molecular weight excluding hydrogens is 282 g/mol. The van der Waals surface area contributed by atoms with Crippen LogP contribution in [0, 0.1) is 6.92 Å². The highest BCUT2D eigenvalue weighted by Gasteiger charge is 2.13. The third-order valence-corrected chi connectivity index (χ3v) is 3.07. The number of aromatic carboxylic acids is 1. The van der Waals surface area contributed by atoms with Crippen molar-refractivity contribution in [3.63, 3.8) is 0 Å². The Morgan fingerprint density at radius 3 is 2.41 bits per heavy atom. The van der Waals surface area contributed by atoms with E-state index in [0.717, 1.165) is 5.56 Å². The molecule has 0 aliphatic heterocycles. The summed E-state index contributed by atoms with van der Waals surface area (Å²) in [6.45, 7) is 4.22. The highest BCUT2D eigenvalue weighted by Crippen LogP contribution is 2.22. The molecule has 0 radical (unpaired) electrons. The maximum absolute atomic E-state index is 12.4. The summed E-state index contributed by atoms with van der Waals surface area (Å²) in [6, 6.07) is 11.4.